The Hall–Kier alpha value is -1.19. The monoisotopic (exact) mass is 440 g/mol. The van der Waals surface area contributed by atoms with E-state index < -0.39 is 21.7 Å². The minimum Gasteiger partial charge on any atom is -0.398 e. The van der Waals surface area contributed by atoms with Crippen LogP contribution in [0.15, 0.2) is 44.2 Å². The summed E-state index contributed by atoms with van der Waals surface area (Å²) >= 11 is 6.02. The number of hydrogen-bond acceptors (Lipinski definition) is 3. The Balaban J connectivity index is 2.45. The third-order valence-corrected chi connectivity index (χ3v) is 5.06. The lowest BCUT2D eigenvalue weighted by Crippen LogP contribution is -2.16. The van der Waals surface area contributed by atoms with E-state index in [4.69, 9.17) is 5.73 Å². The molecule has 4 nitrogen and oxygen atoms in total. The summed E-state index contributed by atoms with van der Waals surface area (Å²) in [7, 11) is -4.09. The number of benzene rings is 2. The lowest BCUT2D eigenvalue weighted by molar-refractivity contribution is 0.579. The highest BCUT2D eigenvalue weighted by Gasteiger charge is 2.20. The van der Waals surface area contributed by atoms with E-state index in [0.29, 0.717) is 10.5 Å². The molecule has 0 spiro atoms. The van der Waals surface area contributed by atoms with Crippen LogP contribution in [0.5, 0.6) is 0 Å². The molecule has 0 bridgehead atoms. The molecule has 0 aromatic heterocycles. The van der Waals surface area contributed by atoms with Gasteiger partial charge in [0.2, 0.25) is 0 Å². The third kappa shape index (κ3) is 3.53. The van der Waals surface area contributed by atoms with Crippen LogP contribution in [0, 0.1) is 11.6 Å². The van der Waals surface area contributed by atoms with E-state index >= 15 is 0 Å². The third-order valence-electron chi connectivity index (χ3n) is 2.52. The smallest absolute Gasteiger partial charge is 0.264 e. The van der Waals surface area contributed by atoms with Gasteiger partial charge in [0.1, 0.15) is 16.5 Å². The quantitative estimate of drug-likeness (QED) is 0.560. The van der Waals surface area contributed by atoms with Gasteiger partial charge in [-0.1, -0.05) is 15.9 Å². The van der Waals surface area contributed by atoms with Gasteiger partial charge >= 0.3 is 0 Å². The lowest BCUT2D eigenvalue weighted by atomic mass is 10.3. The first-order valence-corrected chi connectivity index (χ1v) is 8.50. The van der Waals surface area contributed by atoms with Crippen LogP contribution in [0.2, 0.25) is 0 Å². The predicted octanol–water partition coefficient (Wildman–Crippen LogP) is 3.87. The minimum atomic E-state index is -4.09. The van der Waals surface area contributed by atoms with Crippen LogP contribution in [0.3, 0.4) is 0 Å². The molecule has 21 heavy (non-hydrogen) atoms. The van der Waals surface area contributed by atoms with Gasteiger partial charge in [-0.2, -0.15) is 0 Å². The van der Waals surface area contributed by atoms with Gasteiger partial charge in [0.05, 0.1) is 15.8 Å². The zero-order valence-corrected chi connectivity index (χ0v) is 14.2. The fourth-order valence-corrected chi connectivity index (χ4v) is 3.46. The summed E-state index contributed by atoms with van der Waals surface area (Å²) < 4.78 is 53.7. The van der Waals surface area contributed by atoms with Gasteiger partial charge in [0, 0.05) is 10.5 Å². The van der Waals surface area contributed by atoms with Crippen molar-refractivity contribution in [2.75, 3.05) is 10.5 Å². The number of hydrogen-bond donors (Lipinski definition) is 2. The topological polar surface area (TPSA) is 72.2 Å². The van der Waals surface area contributed by atoms with E-state index in [2.05, 4.69) is 31.9 Å². The minimum absolute atomic E-state index is 0.00143. The summed E-state index contributed by atoms with van der Waals surface area (Å²) in [5, 5.41) is 0. The lowest BCUT2D eigenvalue weighted by Gasteiger charge is -2.11. The fourth-order valence-electron chi connectivity index (χ4n) is 1.56. The number of nitrogen functional groups attached to an aromatic ring is 1. The van der Waals surface area contributed by atoms with Gasteiger partial charge in [-0.25, -0.2) is 17.2 Å². The zero-order valence-electron chi connectivity index (χ0n) is 10.2. The first kappa shape index (κ1) is 16.2. The number of rotatable bonds is 3. The first-order chi connectivity index (χ1) is 9.70. The van der Waals surface area contributed by atoms with Crippen molar-refractivity contribution < 1.29 is 17.2 Å². The number of halogens is 4. The molecule has 2 aromatic carbocycles. The van der Waals surface area contributed by atoms with Gasteiger partial charge in [0.15, 0.2) is 0 Å². The van der Waals surface area contributed by atoms with Crippen LogP contribution in [0.4, 0.5) is 20.2 Å². The van der Waals surface area contributed by atoms with Crippen molar-refractivity contribution in [3.05, 3.63) is 50.9 Å². The predicted molar refractivity (Wildman–Crippen MR) is 83.4 cm³/mol. The Bertz CT molecular complexity index is 813. The van der Waals surface area contributed by atoms with Crippen molar-refractivity contribution in [2.24, 2.45) is 0 Å². The Morgan fingerprint density at radius 1 is 1.05 bits per heavy atom. The van der Waals surface area contributed by atoms with Crippen molar-refractivity contribution >= 4 is 53.3 Å². The molecular formula is C12H8Br2F2N2O2S. The number of nitrogens with two attached hydrogens (primary N) is 1. The normalized spacial score (nSPS) is 11.4. The van der Waals surface area contributed by atoms with Crippen molar-refractivity contribution in [3.8, 4) is 0 Å². The molecule has 0 radical (unpaired) electrons. The summed E-state index contributed by atoms with van der Waals surface area (Å²) in [5.74, 6) is -1.87. The maximum atomic E-state index is 13.6. The average molecular weight is 442 g/mol. The molecule has 0 fully saturated rings. The molecule has 112 valence electrons. The standard InChI is InChI=1S/C12H8Br2F2N2O2S/c13-6-1-2-12(10(17)3-6)21(19,20)18-11-4-7(14)8(15)5-9(11)16/h1-5,18H,17H2. The molecule has 2 aromatic rings. The molecule has 0 heterocycles. The van der Waals surface area contributed by atoms with Crippen molar-refractivity contribution in [2.45, 2.75) is 4.90 Å². The maximum absolute atomic E-state index is 13.6. The Labute approximate surface area is 136 Å². The summed E-state index contributed by atoms with van der Waals surface area (Å²) in [6.45, 7) is 0. The summed E-state index contributed by atoms with van der Waals surface area (Å²) in [6.07, 6.45) is 0. The van der Waals surface area contributed by atoms with Gasteiger partial charge < -0.3 is 5.73 Å². The average Bonchev–Trinajstić information content (AvgIpc) is 2.35. The number of sulfonamides is 1. The second-order valence-corrected chi connectivity index (χ2v) is 7.45. The second-order valence-electron chi connectivity index (χ2n) is 4.03. The summed E-state index contributed by atoms with van der Waals surface area (Å²) in [6, 6.07) is 5.75. The molecule has 2 rings (SSSR count). The summed E-state index contributed by atoms with van der Waals surface area (Å²) in [5.41, 5.74) is 5.26. The Morgan fingerprint density at radius 2 is 1.71 bits per heavy atom. The van der Waals surface area contributed by atoms with E-state index in [1.807, 2.05) is 4.72 Å². The molecule has 0 aliphatic carbocycles. The highest BCUT2D eigenvalue weighted by Crippen LogP contribution is 2.28. The zero-order chi connectivity index (χ0) is 15.8. The highest BCUT2D eigenvalue weighted by atomic mass is 79.9. The fraction of sp³-hybridized carbons (Fsp3) is 0. The largest absolute Gasteiger partial charge is 0.398 e. The second kappa shape index (κ2) is 5.90. The van der Waals surface area contributed by atoms with Crippen molar-refractivity contribution in [1.29, 1.82) is 0 Å². The SMILES string of the molecule is Nc1cc(Br)ccc1S(=O)(=O)Nc1cc(Br)c(F)cc1F. The Kier molecular flexibility index (Phi) is 4.54. The van der Waals surface area contributed by atoms with Crippen LogP contribution in [0.1, 0.15) is 0 Å². The van der Waals surface area contributed by atoms with E-state index in [0.717, 1.165) is 6.07 Å². The molecule has 0 unspecified atom stereocenters. The summed E-state index contributed by atoms with van der Waals surface area (Å²) in [4.78, 5) is -0.203. The molecule has 0 aliphatic rings. The van der Waals surface area contributed by atoms with Crippen LogP contribution >= 0.6 is 31.9 Å². The van der Waals surface area contributed by atoms with Gasteiger partial charge in [-0.3, -0.25) is 4.72 Å². The molecule has 0 aliphatic heterocycles. The van der Waals surface area contributed by atoms with Gasteiger partial charge in [0.25, 0.3) is 10.0 Å². The van der Waals surface area contributed by atoms with Crippen LogP contribution in [-0.2, 0) is 10.0 Å². The van der Waals surface area contributed by atoms with Crippen LogP contribution in [-0.4, -0.2) is 8.42 Å². The van der Waals surface area contributed by atoms with E-state index in [9.17, 15) is 17.2 Å². The van der Waals surface area contributed by atoms with E-state index in [-0.39, 0.29) is 20.7 Å². The van der Waals surface area contributed by atoms with Gasteiger partial charge in [-0.15, -0.1) is 0 Å². The molecular weight excluding hydrogens is 434 g/mol. The van der Waals surface area contributed by atoms with E-state index in [1.54, 1.807) is 0 Å². The molecule has 3 N–H and O–H groups in total. The van der Waals surface area contributed by atoms with Crippen LogP contribution < -0.4 is 10.5 Å². The van der Waals surface area contributed by atoms with E-state index in [1.165, 1.54) is 18.2 Å². The first-order valence-electron chi connectivity index (χ1n) is 5.43. The molecule has 0 saturated carbocycles. The van der Waals surface area contributed by atoms with Crippen LogP contribution in [0.25, 0.3) is 0 Å². The number of nitrogens with one attached hydrogen (secondary N) is 1. The number of anilines is 2. The molecule has 9 heteroatoms. The highest BCUT2D eigenvalue weighted by molar-refractivity contribution is 9.10. The molecule has 0 atom stereocenters. The Morgan fingerprint density at radius 3 is 2.33 bits per heavy atom. The van der Waals surface area contributed by atoms with Crippen molar-refractivity contribution in [1.82, 2.24) is 0 Å². The van der Waals surface area contributed by atoms with Gasteiger partial charge in [-0.05, 0) is 40.2 Å². The molecule has 0 amide bonds. The van der Waals surface area contributed by atoms with Crippen molar-refractivity contribution in [3.63, 3.8) is 0 Å². The molecule has 0 saturated heterocycles. The maximum Gasteiger partial charge on any atom is 0.264 e.